The number of aromatic nitrogens is 2. The van der Waals surface area contributed by atoms with E-state index in [1.54, 1.807) is 44.6 Å². The van der Waals surface area contributed by atoms with Crippen molar-refractivity contribution < 1.29 is 28.3 Å². The summed E-state index contributed by atoms with van der Waals surface area (Å²) in [7, 11) is 1.63. The Morgan fingerprint density at radius 3 is 2.49 bits per heavy atom. The molecule has 0 spiro atoms. The van der Waals surface area contributed by atoms with E-state index in [4.69, 9.17) is 16.3 Å². The summed E-state index contributed by atoms with van der Waals surface area (Å²) in [6, 6.07) is 15.1. The number of benzene rings is 2. The monoisotopic (exact) mass is 655 g/mol. The summed E-state index contributed by atoms with van der Waals surface area (Å²) < 4.78 is 20.3. The number of fused-ring (bicyclic) bond motifs is 1. The minimum absolute atomic E-state index is 0.0814. The number of hydrogen-bond donors (Lipinski definition) is 1. The number of amides is 3. The SMILES string of the molecule is C[C@@H]1C(=O)N(C)c2cc(-c3ccncc3)ccc2C(=O)N1Cc1cc(F)cc(C(=O)NCC2CC(OC(=O)c3ccc(Cl)nc3)C2)c1. The molecule has 3 heterocycles. The van der Waals surface area contributed by atoms with E-state index in [9.17, 15) is 23.6 Å². The van der Waals surface area contributed by atoms with Gasteiger partial charge in [-0.2, -0.15) is 0 Å². The van der Waals surface area contributed by atoms with Gasteiger partial charge in [0.25, 0.3) is 11.8 Å². The van der Waals surface area contributed by atoms with Crippen LogP contribution in [0.4, 0.5) is 10.1 Å². The summed E-state index contributed by atoms with van der Waals surface area (Å²) in [5, 5.41) is 3.11. The second-order valence-electron chi connectivity index (χ2n) is 11.8. The highest BCUT2D eigenvalue weighted by atomic mass is 35.5. The lowest BCUT2D eigenvalue weighted by Gasteiger charge is -2.34. The lowest BCUT2D eigenvalue weighted by Crippen LogP contribution is -2.45. The van der Waals surface area contributed by atoms with E-state index in [0.717, 1.165) is 17.2 Å². The first-order valence-corrected chi connectivity index (χ1v) is 15.5. The molecule has 240 valence electrons. The van der Waals surface area contributed by atoms with Gasteiger partial charge in [-0.25, -0.2) is 14.2 Å². The van der Waals surface area contributed by atoms with Crippen molar-refractivity contribution in [2.24, 2.45) is 5.92 Å². The van der Waals surface area contributed by atoms with Gasteiger partial charge in [0.2, 0.25) is 5.91 Å². The standard InChI is InChI=1S/C35H31ClFN5O5/c1-20-33(44)41(2)30-16-24(23-7-9-38-10-8-23)3-5-29(30)34(45)42(20)19-22-11-26(15-27(37)12-22)32(43)40-17-21-13-28(14-21)47-35(46)25-4-6-31(36)39-18-25/h3-12,15-16,18,20-21,28H,13-14,17,19H2,1-2H3,(H,40,43)/t20-,21?,28?/m1/s1. The Hall–Kier alpha value is -5.16. The molecule has 0 bridgehead atoms. The zero-order chi connectivity index (χ0) is 33.2. The van der Waals surface area contributed by atoms with Crippen LogP contribution in [0.5, 0.6) is 0 Å². The lowest BCUT2D eigenvalue weighted by molar-refractivity contribution is -0.122. The van der Waals surface area contributed by atoms with Gasteiger partial charge in [0.1, 0.15) is 23.1 Å². The second kappa shape index (κ2) is 13.3. The molecule has 1 aliphatic heterocycles. The lowest BCUT2D eigenvalue weighted by atomic mass is 9.82. The molecule has 0 unspecified atom stereocenters. The van der Waals surface area contributed by atoms with Crippen LogP contribution >= 0.6 is 11.6 Å². The smallest absolute Gasteiger partial charge is 0.339 e. The number of carbonyl (C=O) groups excluding carboxylic acids is 4. The van der Waals surface area contributed by atoms with E-state index in [1.165, 1.54) is 34.2 Å². The van der Waals surface area contributed by atoms with Crippen LogP contribution in [0.25, 0.3) is 11.1 Å². The summed E-state index contributed by atoms with van der Waals surface area (Å²) in [6.07, 6.45) is 5.57. The van der Waals surface area contributed by atoms with Gasteiger partial charge in [-0.3, -0.25) is 19.4 Å². The van der Waals surface area contributed by atoms with Crippen LogP contribution in [0, 0.1) is 11.7 Å². The highest BCUT2D eigenvalue weighted by molar-refractivity contribution is 6.29. The number of ether oxygens (including phenoxy) is 1. The summed E-state index contributed by atoms with van der Waals surface area (Å²) in [6.45, 7) is 1.87. The number of rotatable bonds is 8. The first kappa shape index (κ1) is 31.8. The highest BCUT2D eigenvalue weighted by Gasteiger charge is 2.36. The maximum absolute atomic E-state index is 14.8. The Kier molecular flexibility index (Phi) is 8.99. The number of nitrogens with one attached hydrogen (secondary N) is 1. The molecule has 2 aromatic carbocycles. The first-order chi connectivity index (χ1) is 22.6. The molecule has 1 fully saturated rings. The molecule has 12 heteroatoms. The molecular weight excluding hydrogens is 625 g/mol. The van der Waals surface area contributed by atoms with Crippen LogP contribution in [0.1, 0.15) is 56.4 Å². The normalized spacial score (nSPS) is 19.0. The third kappa shape index (κ3) is 6.85. The van der Waals surface area contributed by atoms with Crippen molar-refractivity contribution in [3.8, 4) is 11.1 Å². The summed E-state index contributed by atoms with van der Waals surface area (Å²) in [5.41, 5.74) is 3.30. The summed E-state index contributed by atoms with van der Waals surface area (Å²) in [4.78, 5) is 63.4. The van der Waals surface area contributed by atoms with Crippen molar-refractivity contribution in [2.75, 3.05) is 18.5 Å². The maximum atomic E-state index is 14.8. The highest BCUT2D eigenvalue weighted by Crippen LogP contribution is 2.33. The van der Waals surface area contributed by atoms with Gasteiger partial charge in [-0.1, -0.05) is 17.7 Å². The predicted octanol–water partition coefficient (Wildman–Crippen LogP) is 5.31. The zero-order valence-electron chi connectivity index (χ0n) is 25.7. The third-order valence-electron chi connectivity index (χ3n) is 8.57. The van der Waals surface area contributed by atoms with Gasteiger partial charge >= 0.3 is 5.97 Å². The topological polar surface area (TPSA) is 122 Å². The van der Waals surface area contributed by atoms with Crippen molar-refractivity contribution in [3.05, 3.63) is 112 Å². The molecule has 0 radical (unpaired) electrons. The summed E-state index contributed by atoms with van der Waals surface area (Å²) >= 11 is 5.76. The Balaban J connectivity index is 1.10. The molecule has 1 aliphatic carbocycles. The average molecular weight is 656 g/mol. The Morgan fingerprint density at radius 2 is 1.77 bits per heavy atom. The van der Waals surface area contributed by atoms with E-state index in [0.29, 0.717) is 41.8 Å². The number of nitrogens with zero attached hydrogens (tertiary/aromatic N) is 4. The van der Waals surface area contributed by atoms with Gasteiger partial charge in [-0.15, -0.1) is 0 Å². The predicted molar refractivity (Wildman–Crippen MR) is 172 cm³/mol. The molecule has 47 heavy (non-hydrogen) atoms. The molecule has 6 rings (SSSR count). The fourth-order valence-electron chi connectivity index (χ4n) is 5.85. The Labute approximate surface area is 275 Å². The van der Waals surface area contributed by atoms with Crippen LogP contribution in [-0.4, -0.2) is 64.3 Å². The maximum Gasteiger partial charge on any atom is 0.339 e. The van der Waals surface area contributed by atoms with Crippen LogP contribution < -0.4 is 10.2 Å². The molecule has 2 aliphatic rings. The van der Waals surface area contributed by atoms with E-state index in [-0.39, 0.29) is 41.1 Å². The molecule has 0 saturated heterocycles. The molecule has 10 nitrogen and oxygen atoms in total. The van der Waals surface area contributed by atoms with E-state index >= 15 is 0 Å². The van der Waals surface area contributed by atoms with Crippen LogP contribution in [0.15, 0.2) is 79.3 Å². The minimum atomic E-state index is -0.846. The van der Waals surface area contributed by atoms with E-state index in [2.05, 4.69) is 15.3 Å². The van der Waals surface area contributed by atoms with Gasteiger partial charge in [0.05, 0.1) is 16.8 Å². The van der Waals surface area contributed by atoms with Crippen LogP contribution in [-0.2, 0) is 16.1 Å². The third-order valence-corrected chi connectivity index (χ3v) is 8.80. The number of halogens is 2. The number of likely N-dealkylation sites (N-methyl/N-ethyl adjacent to an activating group) is 1. The van der Waals surface area contributed by atoms with Gasteiger partial charge in [-0.05, 0) is 97.0 Å². The molecular formula is C35H31ClFN5O5. The second-order valence-corrected chi connectivity index (χ2v) is 12.2. The quantitative estimate of drug-likeness (QED) is 0.202. The Bertz CT molecular complexity index is 1850. The fraction of sp³-hybridized carbons (Fsp3) is 0.257. The summed E-state index contributed by atoms with van der Waals surface area (Å²) in [5.74, 6) is -2.19. The van der Waals surface area contributed by atoms with Crippen molar-refractivity contribution in [2.45, 2.75) is 38.5 Å². The molecule has 3 amide bonds. The van der Waals surface area contributed by atoms with Crippen molar-refractivity contribution in [1.82, 2.24) is 20.2 Å². The molecule has 1 N–H and O–H groups in total. The molecule has 1 saturated carbocycles. The van der Waals surface area contributed by atoms with Crippen molar-refractivity contribution in [1.29, 1.82) is 0 Å². The molecule has 1 atom stereocenters. The number of esters is 1. The zero-order valence-corrected chi connectivity index (χ0v) is 26.4. The number of pyridine rings is 2. The first-order valence-electron chi connectivity index (χ1n) is 15.1. The molecule has 4 aromatic rings. The van der Waals surface area contributed by atoms with Gasteiger partial charge < -0.3 is 19.9 Å². The molecule has 2 aromatic heterocycles. The van der Waals surface area contributed by atoms with Gasteiger partial charge in [0, 0.05) is 44.3 Å². The minimum Gasteiger partial charge on any atom is -0.459 e. The number of anilines is 1. The van der Waals surface area contributed by atoms with Crippen LogP contribution in [0.3, 0.4) is 0 Å². The number of hydrogen-bond acceptors (Lipinski definition) is 7. The van der Waals surface area contributed by atoms with Crippen molar-refractivity contribution >= 4 is 41.0 Å². The Morgan fingerprint density at radius 1 is 1.00 bits per heavy atom. The fourth-order valence-corrected chi connectivity index (χ4v) is 5.96. The van der Waals surface area contributed by atoms with Crippen LogP contribution in [0.2, 0.25) is 5.15 Å². The number of carbonyl (C=O) groups is 4. The average Bonchev–Trinajstić information content (AvgIpc) is 3.12. The van der Waals surface area contributed by atoms with E-state index < -0.39 is 23.7 Å². The largest absolute Gasteiger partial charge is 0.459 e. The van der Waals surface area contributed by atoms with Gasteiger partial charge in [0.15, 0.2) is 0 Å². The van der Waals surface area contributed by atoms with E-state index in [1.807, 2.05) is 18.2 Å². The van der Waals surface area contributed by atoms with Crippen molar-refractivity contribution in [3.63, 3.8) is 0 Å².